The molecule has 1 aromatic carbocycles. The second-order valence-corrected chi connectivity index (χ2v) is 7.91. The van der Waals surface area contributed by atoms with Gasteiger partial charge in [-0.3, -0.25) is 4.79 Å². The summed E-state index contributed by atoms with van der Waals surface area (Å²) >= 11 is 0. The fourth-order valence-corrected chi connectivity index (χ4v) is 2.88. The molecule has 0 saturated heterocycles. The zero-order valence-electron chi connectivity index (χ0n) is 17.2. The van der Waals surface area contributed by atoms with E-state index in [4.69, 9.17) is 9.72 Å². The topological polar surface area (TPSA) is 68.5 Å². The minimum atomic E-state index is -0.140. The highest BCUT2D eigenvalue weighted by molar-refractivity contribution is 5.94. The summed E-state index contributed by atoms with van der Waals surface area (Å²) in [6, 6.07) is 11.4. The van der Waals surface area contributed by atoms with Crippen LogP contribution >= 0.6 is 0 Å². The van der Waals surface area contributed by atoms with E-state index in [2.05, 4.69) is 38.1 Å². The first-order valence-electron chi connectivity index (χ1n) is 9.67. The molecule has 28 heavy (non-hydrogen) atoms. The number of hydrogen-bond acceptors (Lipinski definition) is 4. The van der Waals surface area contributed by atoms with Gasteiger partial charge in [0.25, 0.3) is 5.91 Å². The smallest absolute Gasteiger partial charge is 0.270 e. The molecule has 1 amide bonds. The van der Waals surface area contributed by atoms with Crippen LogP contribution in [0.3, 0.4) is 0 Å². The van der Waals surface area contributed by atoms with E-state index in [1.807, 2.05) is 30.3 Å². The lowest BCUT2D eigenvalue weighted by Gasteiger charge is -2.13. The molecule has 0 aliphatic heterocycles. The van der Waals surface area contributed by atoms with E-state index >= 15 is 0 Å². The highest BCUT2D eigenvalue weighted by Gasteiger charge is 2.22. The van der Waals surface area contributed by atoms with E-state index in [1.54, 1.807) is 17.7 Å². The Morgan fingerprint density at radius 2 is 1.89 bits per heavy atom. The predicted molar refractivity (Wildman–Crippen MR) is 111 cm³/mol. The Labute approximate surface area is 165 Å². The van der Waals surface area contributed by atoms with Crippen molar-refractivity contribution in [3.05, 3.63) is 47.8 Å². The molecule has 3 aromatic rings. The summed E-state index contributed by atoms with van der Waals surface area (Å²) in [5.74, 6) is 0.640. The number of nitrogens with one attached hydrogen (secondary N) is 1. The fourth-order valence-electron chi connectivity index (χ4n) is 2.88. The van der Waals surface area contributed by atoms with Gasteiger partial charge in [0.15, 0.2) is 5.65 Å². The SMILES string of the molecule is CCCCNC(=O)c1cc(-c2ccc(OC)cc2)nc2cc(C(C)(C)C)nn12. The Balaban J connectivity index is 2.10. The van der Waals surface area contributed by atoms with Crippen molar-refractivity contribution in [2.75, 3.05) is 13.7 Å². The minimum Gasteiger partial charge on any atom is -0.497 e. The summed E-state index contributed by atoms with van der Waals surface area (Å²) in [5.41, 5.74) is 3.57. The molecule has 0 bridgehead atoms. The van der Waals surface area contributed by atoms with Crippen LogP contribution in [0, 0.1) is 0 Å². The number of amides is 1. The Kier molecular flexibility index (Phi) is 5.68. The number of rotatable bonds is 6. The minimum absolute atomic E-state index is 0.135. The molecule has 0 fully saturated rings. The van der Waals surface area contributed by atoms with Crippen molar-refractivity contribution in [2.45, 2.75) is 46.0 Å². The van der Waals surface area contributed by atoms with Gasteiger partial charge in [-0.2, -0.15) is 5.10 Å². The number of carbonyl (C=O) groups excluding carboxylic acids is 1. The van der Waals surface area contributed by atoms with Crippen molar-refractivity contribution in [1.82, 2.24) is 19.9 Å². The van der Waals surface area contributed by atoms with E-state index in [0.29, 0.717) is 17.9 Å². The highest BCUT2D eigenvalue weighted by Crippen LogP contribution is 2.26. The number of nitrogens with zero attached hydrogens (tertiary/aromatic N) is 3. The standard InChI is InChI=1S/C22H28N4O2/c1-6-7-12-23-21(27)18-13-17(15-8-10-16(28-5)11-9-15)24-20-14-19(22(2,3)4)25-26(18)20/h8-11,13-14H,6-7,12H2,1-5H3,(H,23,27). The van der Waals surface area contributed by atoms with Gasteiger partial charge in [0, 0.05) is 23.6 Å². The van der Waals surface area contributed by atoms with Gasteiger partial charge >= 0.3 is 0 Å². The van der Waals surface area contributed by atoms with Crippen LogP contribution in [-0.2, 0) is 5.41 Å². The predicted octanol–water partition coefficient (Wildman–Crippen LogP) is 4.23. The summed E-state index contributed by atoms with van der Waals surface area (Å²) < 4.78 is 6.88. The molecule has 2 aromatic heterocycles. The molecule has 0 radical (unpaired) electrons. The molecule has 0 saturated carbocycles. The molecular formula is C22H28N4O2. The molecule has 0 aliphatic carbocycles. The zero-order valence-corrected chi connectivity index (χ0v) is 17.2. The maximum absolute atomic E-state index is 12.9. The third-order valence-electron chi connectivity index (χ3n) is 4.63. The van der Waals surface area contributed by atoms with E-state index in [0.717, 1.165) is 35.5 Å². The lowest BCUT2D eigenvalue weighted by atomic mass is 9.93. The van der Waals surface area contributed by atoms with Crippen LogP contribution in [0.5, 0.6) is 5.75 Å². The number of unbranched alkanes of at least 4 members (excludes halogenated alkanes) is 1. The number of benzene rings is 1. The number of ether oxygens (including phenoxy) is 1. The highest BCUT2D eigenvalue weighted by atomic mass is 16.5. The quantitative estimate of drug-likeness (QED) is 0.650. The molecule has 6 nitrogen and oxygen atoms in total. The first-order valence-corrected chi connectivity index (χ1v) is 9.67. The van der Waals surface area contributed by atoms with Gasteiger partial charge in [-0.1, -0.05) is 34.1 Å². The molecule has 0 unspecified atom stereocenters. The van der Waals surface area contributed by atoms with Crippen molar-refractivity contribution in [2.24, 2.45) is 0 Å². The number of hydrogen-bond donors (Lipinski definition) is 1. The Hall–Kier alpha value is -2.89. The van der Waals surface area contributed by atoms with E-state index in [1.165, 1.54) is 0 Å². The number of fused-ring (bicyclic) bond motifs is 1. The first kappa shape index (κ1) is 19.9. The Bertz CT molecular complexity index is 969. The largest absolute Gasteiger partial charge is 0.497 e. The van der Waals surface area contributed by atoms with E-state index in [-0.39, 0.29) is 11.3 Å². The lowest BCUT2D eigenvalue weighted by Crippen LogP contribution is -2.27. The van der Waals surface area contributed by atoms with Gasteiger partial charge in [-0.15, -0.1) is 0 Å². The molecule has 0 atom stereocenters. The van der Waals surface area contributed by atoms with Crippen molar-refractivity contribution >= 4 is 11.6 Å². The normalized spacial score (nSPS) is 11.6. The summed E-state index contributed by atoms with van der Waals surface area (Å²) in [5, 5.41) is 7.66. The van der Waals surface area contributed by atoms with Crippen molar-refractivity contribution < 1.29 is 9.53 Å². The van der Waals surface area contributed by atoms with Crippen LogP contribution in [0.15, 0.2) is 36.4 Å². The van der Waals surface area contributed by atoms with Crippen molar-refractivity contribution in [1.29, 1.82) is 0 Å². The van der Waals surface area contributed by atoms with Gasteiger partial charge in [0.05, 0.1) is 18.5 Å². The summed E-state index contributed by atoms with van der Waals surface area (Å²) in [4.78, 5) is 17.6. The van der Waals surface area contributed by atoms with Crippen LogP contribution in [0.2, 0.25) is 0 Å². The van der Waals surface area contributed by atoms with Crippen molar-refractivity contribution in [3.63, 3.8) is 0 Å². The average Bonchev–Trinajstić information content (AvgIpc) is 3.12. The van der Waals surface area contributed by atoms with Gasteiger partial charge < -0.3 is 10.1 Å². The van der Waals surface area contributed by atoms with Crippen molar-refractivity contribution in [3.8, 4) is 17.0 Å². The third kappa shape index (κ3) is 4.16. The molecule has 2 heterocycles. The monoisotopic (exact) mass is 380 g/mol. The average molecular weight is 380 g/mol. The lowest BCUT2D eigenvalue weighted by molar-refractivity contribution is 0.0945. The number of methoxy groups -OCH3 is 1. The first-order chi connectivity index (χ1) is 13.3. The number of aromatic nitrogens is 3. The molecule has 6 heteroatoms. The number of carbonyl (C=O) groups is 1. The molecule has 0 aliphatic rings. The maximum Gasteiger partial charge on any atom is 0.270 e. The van der Waals surface area contributed by atoms with Crippen LogP contribution in [0.4, 0.5) is 0 Å². The van der Waals surface area contributed by atoms with Gasteiger partial charge in [0.2, 0.25) is 0 Å². The summed E-state index contributed by atoms with van der Waals surface area (Å²) in [6.45, 7) is 9.03. The van der Waals surface area contributed by atoms with Crippen LogP contribution < -0.4 is 10.1 Å². The van der Waals surface area contributed by atoms with E-state index < -0.39 is 0 Å². The van der Waals surface area contributed by atoms with E-state index in [9.17, 15) is 4.79 Å². The maximum atomic E-state index is 12.9. The second kappa shape index (κ2) is 8.00. The third-order valence-corrected chi connectivity index (χ3v) is 4.63. The fraction of sp³-hybridized carbons (Fsp3) is 0.409. The Morgan fingerprint density at radius 1 is 1.18 bits per heavy atom. The van der Waals surface area contributed by atoms with Gasteiger partial charge in [-0.25, -0.2) is 9.50 Å². The molecule has 148 valence electrons. The molecule has 0 spiro atoms. The summed E-state index contributed by atoms with van der Waals surface area (Å²) in [6.07, 6.45) is 1.97. The molecular weight excluding hydrogens is 352 g/mol. The Morgan fingerprint density at radius 3 is 2.50 bits per heavy atom. The van der Waals surface area contributed by atoms with Crippen LogP contribution in [0.1, 0.15) is 56.7 Å². The summed E-state index contributed by atoms with van der Waals surface area (Å²) in [7, 11) is 1.64. The second-order valence-electron chi connectivity index (χ2n) is 7.91. The van der Waals surface area contributed by atoms with Crippen LogP contribution in [-0.4, -0.2) is 34.2 Å². The van der Waals surface area contributed by atoms with Gasteiger partial charge in [-0.05, 0) is 36.8 Å². The molecule has 1 N–H and O–H groups in total. The van der Waals surface area contributed by atoms with Gasteiger partial charge in [0.1, 0.15) is 11.4 Å². The van der Waals surface area contributed by atoms with Crippen LogP contribution in [0.25, 0.3) is 16.9 Å². The molecule has 3 rings (SSSR count). The zero-order chi connectivity index (χ0) is 20.3.